The lowest BCUT2D eigenvalue weighted by Crippen LogP contribution is -2.40. The Morgan fingerprint density at radius 1 is 1.24 bits per heavy atom. The molecular weight excluding hydrogens is 325 g/mol. The van der Waals surface area contributed by atoms with Crippen molar-refractivity contribution in [2.45, 2.75) is 19.6 Å². The van der Waals surface area contributed by atoms with Crippen LogP contribution in [0.2, 0.25) is 0 Å². The van der Waals surface area contributed by atoms with Gasteiger partial charge in [-0.3, -0.25) is 4.40 Å². The summed E-state index contributed by atoms with van der Waals surface area (Å²) in [5.74, 6) is 0.690. The number of pyridine rings is 1. The molecule has 2 amide bonds. The SMILES string of the molecule is CC(CNC(=O)NCc1nnc2ccccn12)Oc1cccc(F)c1. The molecule has 25 heavy (non-hydrogen) atoms. The maximum absolute atomic E-state index is 13.1. The van der Waals surface area contributed by atoms with Crippen LogP contribution in [0.25, 0.3) is 5.65 Å². The van der Waals surface area contributed by atoms with Crippen LogP contribution in [0.15, 0.2) is 48.7 Å². The Morgan fingerprint density at radius 2 is 2.12 bits per heavy atom. The zero-order chi connectivity index (χ0) is 17.6. The molecule has 0 aliphatic heterocycles. The molecule has 3 aromatic rings. The van der Waals surface area contributed by atoms with E-state index in [4.69, 9.17) is 4.74 Å². The molecule has 0 radical (unpaired) electrons. The number of nitrogens with one attached hydrogen (secondary N) is 2. The lowest BCUT2D eigenvalue weighted by atomic mass is 10.3. The summed E-state index contributed by atoms with van der Waals surface area (Å²) in [6.45, 7) is 2.32. The quantitative estimate of drug-likeness (QED) is 0.718. The first-order valence-electron chi connectivity index (χ1n) is 7.84. The normalized spacial score (nSPS) is 11.9. The molecule has 2 heterocycles. The van der Waals surface area contributed by atoms with E-state index in [-0.39, 0.29) is 31.0 Å². The molecule has 2 N–H and O–H groups in total. The Balaban J connectivity index is 1.45. The molecule has 0 spiro atoms. The van der Waals surface area contributed by atoms with E-state index in [0.29, 0.717) is 11.6 Å². The van der Waals surface area contributed by atoms with Crippen LogP contribution in [0.5, 0.6) is 5.75 Å². The molecule has 3 rings (SSSR count). The van der Waals surface area contributed by atoms with Crippen molar-refractivity contribution in [3.05, 3.63) is 60.3 Å². The van der Waals surface area contributed by atoms with Gasteiger partial charge in [-0.05, 0) is 31.2 Å². The number of halogens is 1. The topological polar surface area (TPSA) is 80.5 Å². The molecule has 1 atom stereocenters. The number of ether oxygens (including phenoxy) is 1. The first-order chi connectivity index (χ1) is 12.1. The highest BCUT2D eigenvalue weighted by Crippen LogP contribution is 2.13. The standard InChI is InChI=1S/C17H18FN5O2/c1-12(25-14-6-4-5-13(18)9-14)10-19-17(24)20-11-16-22-21-15-7-2-3-8-23(15)16/h2-9,12H,10-11H2,1H3,(H2,19,20,24). The number of hydrogen-bond donors (Lipinski definition) is 2. The molecule has 1 unspecified atom stereocenters. The summed E-state index contributed by atoms with van der Waals surface area (Å²) in [4.78, 5) is 11.9. The van der Waals surface area contributed by atoms with Gasteiger partial charge in [0, 0.05) is 12.3 Å². The van der Waals surface area contributed by atoms with Crippen LogP contribution >= 0.6 is 0 Å². The van der Waals surface area contributed by atoms with Crippen molar-refractivity contribution in [2.75, 3.05) is 6.54 Å². The summed E-state index contributed by atoms with van der Waals surface area (Å²) in [6.07, 6.45) is 1.53. The molecule has 0 saturated heterocycles. The Bertz CT molecular complexity index is 867. The number of amides is 2. The number of urea groups is 1. The molecule has 1 aromatic carbocycles. The minimum Gasteiger partial charge on any atom is -0.489 e. The van der Waals surface area contributed by atoms with Crippen molar-refractivity contribution in [2.24, 2.45) is 0 Å². The van der Waals surface area contributed by atoms with Gasteiger partial charge in [0.25, 0.3) is 0 Å². The van der Waals surface area contributed by atoms with Gasteiger partial charge in [0.05, 0.1) is 13.1 Å². The zero-order valence-corrected chi connectivity index (χ0v) is 13.6. The van der Waals surface area contributed by atoms with E-state index in [1.54, 1.807) is 23.5 Å². The molecule has 2 aromatic heterocycles. The summed E-state index contributed by atoms with van der Waals surface area (Å²) in [5.41, 5.74) is 0.719. The van der Waals surface area contributed by atoms with E-state index in [9.17, 15) is 9.18 Å². The predicted molar refractivity (Wildman–Crippen MR) is 89.7 cm³/mol. The Morgan fingerprint density at radius 3 is 2.96 bits per heavy atom. The number of nitrogens with zero attached hydrogens (tertiary/aromatic N) is 3. The monoisotopic (exact) mass is 343 g/mol. The van der Waals surface area contributed by atoms with Crippen LogP contribution in [0, 0.1) is 5.82 Å². The second kappa shape index (κ2) is 7.61. The van der Waals surface area contributed by atoms with E-state index < -0.39 is 0 Å². The predicted octanol–water partition coefficient (Wildman–Crippen LogP) is 2.14. The number of benzene rings is 1. The van der Waals surface area contributed by atoms with Crippen LogP contribution in [0.1, 0.15) is 12.7 Å². The average molecular weight is 343 g/mol. The van der Waals surface area contributed by atoms with E-state index in [1.807, 2.05) is 24.4 Å². The van der Waals surface area contributed by atoms with E-state index in [1.165, 1.54) is 12.1 Å². The molecule has 0 saturated carbocycles. The van der Waals surface area contributed by atoms with E-state index >= 15 is 0 Å². The van der Waals surface area contributed by atoms with E-state index in [0.717, 1.165) is 5.65 Å². The van der Waals surface area contributed by atoms with Crippen molar-refractivity contribution >= 4 is 11.7 Å². The smallest absolute Gasteiger partial charge is 0.315 e. The molecule has 130 valence electrons. The Labute approximate surface area is 143 Å². The van der Waals surface area contributed by atoms with Gasteiger partial charge in [0.2, 0.25) is 0 Å². The van der Waals surface area contributed by atoms with Gasteiger partial charge in [-0.1, -0.05) is 12.1 Å². The number of carbonyl (C=O) groups is 1. The fourth-order valence-electron chi connectivity index (χ4n) is 2.28. The van der Waals surface area contributed by atoms with Crippen molar-refractivity contribution in [3.8, 4) is 5.75 Å². The van der Waals surface area contributed by atoms with Gasteiger partial charge in [-0.15, -0.1) is 10.2 Å². The fraction of sp³-hybridized carbons (Fsp3) is 0.235. The molecule has 0 aliphatic carbocycles. The highest BCUT2D eigenvalue weighted by atomic mass is 19.1. The summed E-state index contributed by atoms with van der Waals surface area (Å²) < 4.78 is 20.5. The number of aromatic nitrogens is 3. The van der Waals surface area contributed by atoms with Crippen LogP contribution in [0.3, 0.4) is 0 Å². The average Bonchev–Trinajstić information content (AvgIpc) is 3.01. The number of rotatable bonds is 6. The van der Waals surface area contributed by atoms with Gasteiger partial charge < -0.3 is 15.4 Å². The van der Waals surface area contributed by atoms with Gasteiger partial charge in [0.15, 0.2) is 11.5 Å². The van der Waals surface area contributed by atoms with Gasteiger partial charge in [0.1, 0.15) is 17.7 Å². The Hall–Kier alpha value is -3.16. The summed E-state index contributed by atoms with van der Waals surface area (Å²) in [7, 11) is 0. The van der Waals surface area contributed by atoms with Crippen LogP contribution in [-0.4, -0.2) is 33.3 Å². The van der Waals surface area contributed by atoms with Gasteiger partial charge in [-0.25, -0.2) is 9.18 Å². The minimum absolute atomic E-state index is 0.246. The van der Waals surface area contributed by atoms with E-state index in [2.05, 4.69) is 20.8 Å². The third kappa shape index (κ3) is 4.43. The number of carbonyl (C=O) groups excluding carboxylic acids is 1. The summed E-state index contributed by atoms with van der Waals surface area (Å²) in [5, 5.41) is 13.5. The first-order valence-corrected chi connectivity index (χ1v) is 7.84. The van der Waals surface area contributed by atoms with Crippen molar-refractivity contribution in [1.29, 1.82) is 0 Å². The molecule has 0 aliphatic rings. The highest BCUT2D eigenvalue weighted by molar-refractivity contribution is 5.73. The van der Waals surface area contributed by atoms with Crippen LogP contribution in [0.4, 0.5) is 9.18 Å². The highest BCUT2D eigenvalue weighted by Gasteiger charge is 2.09. The van der Waals surface area contributed by atoms with Crippen LogP contribution < -0.4 is 15.4 Å². The molecule has 0 fully saturated rings. The van der Waals surface area contributed by atoms with Crippen molar-refractivity contribution < 1.29 is 13.9 Å². The maximum Gasteiger partial charge on any atom is 0.315 e. The van der Waals surface area contributed by atoms with Crippen molar-refractivity contribution in [1.82, 2.24) is 25.2 Å². The summed E-state index contributed by atoms with van der Waals surface area (Å²) in [6, 6.07) is 11.1. The number of fused-ring (bicyclic) bond motifs is 1. The minimum atomic E-state index is -0.365. The lowest BCUT2D eigenvalue weighted by Gasteiger charge is -2.15. The third-order valence-electron chi connectivity index (χ3n) is 3.47. The molecule has 7 nitrogen and oxygen atoms in total. The summed E-state index contributed by atoms with van der Waals surface area (Å²) >= 11 is 0. The first kappa shape index (κ1) is 16.7. The molecule has 8 heteroatoms. The van der Waals surface area contributed by atoms with Crippen LogP contribution in [-0.2, 0) is 6.54 Å². The largest absolute Gasteiger partial charge is 0.489 e. The molecular formula is C17H18FN5O2. The van der Waals surface area contributed by atoms with Gasteiger partial charge >= 0.3 is 6.03 Å². The Kier molecular flexibility index (Phi) is 5.08. The second-order valence-electron chi connectivity index (χ2n) is 5.49. The maximum atomic E-state index is 13.1. The molecule has 0 bridgehead atoms. The van der Waals surface area contributed by atoms with Gasteiger partial charge in [-0.2, -0.15) is 0 Å². The van der Waals surface area contributed by atoms with Crippen molar-refractivity contribution in [3.63, 3.8) is 0 Å². The lowest BCUT2D eigenvalue weighted by molar-refractivity contribution is 0.207. The third-order valence-corrected chi connectivity index (χ3v) is 3.47. The fourth-order valence-corrected chi connectivity index (χ4v) is 2.28. The zero-order valence-electron chi connectivity index (χ0n) is 13.6. The number of hydrogen-bond acceptors (Lipinski definition) is 4. The second-order valence-corrected chi connectivity index (χ2v) is 5.49.